The summed E-state index contributed by atoms with van der Waals surface area (Å²) in [5.74, 6) is 0.0789. The van der Waals surface area contributed by atoms with Crippen LogP contribution in [0.25, 0.3) is 0 Å². The van der Waals surface area contributed by atoms with Crippen LogP contribution in [0.1, 0.15) is 32.6 Å². The second kappa shape index (κ2) is 4.49. The fraction of sp³-hybridized carbons (Fsp3) is 0.909. The van der Waals surface area contributed by atoms with Gasteiger partial charge in [-0.2, -0.15) is 0 Å². The molecule has 1 aliphatic heterocycles. The molecule has 0 radical (unpaired) electrons. The van der Waals surface area contributed by atoms with Gasteiger partial charge in [0.05, 0.1) is 24.8 Å². The van der Waals surface area contributed by atoms with E-state index >= 15 is 0 Å². The first-order chi connectivity index (χ1) is 7.20. The maximum Gasteiger partial charge on any atom is 0.239 e. The van der Waals surface area contributed by atoms with Gasteiger partial charge >= 0.3 is 0 Å². The van der Waals surface area contributed by atoms with E-state index < -0.39 is 0 Å². The molecule has 1 amide bonds. The first-order valence-corrected chi connectivity index (χ1v) is 5.88. The molecule has 2 rings (SSSR count). The minimum Gasteiger partial charge on any atom is -0.374 e. The van der Waals surface area contributed by atoms with Crippen LogP contribution in [0.5, 0.6) is 0 Å². The van der Waals surface area contributed by atoms with Crippen LogP contribution in [0.2, 0.25) is 0 Å². The number of fused-ring (bicyclic) bond motifs is 1. The third-order valence-corrected chi connectivity index (χ3v) is 3.40. The molecule has 1 heterocycles. The molecule has 0 bridgehead atoms. The average molecular weight is 212 g/mol. The fourth-order valence-corrected chi connectivity index (χ4v) is 2.63. The summed E-state index contributed by atoms with van der Waals surface area (Å²) in [6.07, 6.45) is 4.85. The zero-order chi connectivity index (χ0) is 10.8. The van der Waals surface area contributed by atoms with Crippen molar-refractivity contribution in [2.24, 2.45) is 5.73 Å². The third-order valence-electron chi connectivity index (χ3n) is 3.40. The van der Waals surface area contributed by atoms with Gasteiger partial charge in [-0.3, -0.25) is 4.79 Å². The Hall–Kier alpha value is -0.610. The zero-order valence-corrected chi connectivity index (χ0v) is 9.32. The van der Waals surface area contributed by atoms with E-state index in [2.05, 4.69) is 0 Å². The van der Waals surface area contributed by atoms with E-state index in [1.54, 1.807) is 6.92 Å². The normalized spacial score (nSPS) is 33.3. The number of nitrogens with two attached hydrogens (primary N) is 1. The molecule has 0 aromatic carbocycles. The molecular weight excluding hydrogens is 192 g/mol. The van der Waals surface area contributed by atoms with Gasteiger partial charge in [0.2, 0.25) is 5.91 Å². The van der Waals surface area contributed by atoms with Crippen molar-refractivity contribution in [3.05, 3.63) is 0 Å². The monoisotopic (exact) mass is 212 g/mol. The van der Waals surface area contributed by atoms with Crippen LogP contribution in [-0.4, -0.2) is 42.1 Å². The Kier molecular flexibility index (Phi) is 3.26. The highest BCUT2D eigenvalue weighted by atomic mass is 16.5. The van der Waals surface area contributed by atoms with Gasteiger partial charge in [-0.1, -0.05) is 12.8 Å². The number of carbonyl (C=O) groups is 1. The molecule has 4 nitrogen and oxygen atoms in total. The number of nitrogens with zero attached hydrogens (tertiary/aromatic N) is 1. The Morgan fingerprint density at radius 3 is 2.93 bits per heavy atom. The minimum absolute atomic E-state index is 0.0789. The van der Waals surface area contributed by atoms with E-state index in [4.69, 9.17) is 10.5 Å². The molecule has 0 aromatic rings. The molecule has 2 unspecified atom stereocenters. The van der Waals surface area contributed by atoms with E-state index in [1.807, 2.05) is 4.90 Å². The van der Waals surface area contributed by atoms with Crippen molar-refractivity contribution in [3.63, 3.8) is 0 Å². The number of morpholine rings is 1. The number of hydrogen-bond donors (Lipinski definition) is 1. The molecule has 2 N–H and O–H groups in total. The fourth-order valence-electron chi connectivity index (χ4n) is 2.63. The van der Waals surface area contributed by atoms with E-state index in [0.717, 1.165) is 12.8 Å². The van der Waals surface area contributed by atoms with Crippen molar-refractivity contribution in [1.82, 2.24) is 4.90 Å². The molecule has 0 aromatic heterocycles. The highest BCUT2D eigenvalue weighted by Crippen LogP contribution is 2.28. The average Bonchev–Trinajstić information content (AvgIpc) is 2.27. The van der Waals surface area contributed by atoms with Crippen LogP contribution in [0.15, 0.2) is 0 Å². The van der Waals surface area contributed by atoms with Gasteiger partial charge in [0.15, 0.2) is 0 Å². The van der Waals surface area contributed by atoms with Gasteiger partial charge in [0, 0.05) is 6.54 Å². The molecule has 2 aliphatic rings. The first kappa shape index (κ1) is 10.9. The molecule has 3 atom stereocenters. The smallest absolute Gasteiger partial charge is 0.239 e. The standard InChI is InChI=1S/C11H20N2O2/c1-8(12)11(14)13-6-7-15-10-5-3-2-4-9(10)13/h8-10H,2-7,12H2,1H3/t8-,9?,10?/m0/s1. The van der Waals surface area contributed by atoms with E-state index in [0.29, 0.717) is 13.2 Å². The molecule has 4 heteroatoms. The summed E-state index contributed by atoms with van der Waals surface area (Å²) in [5, 5.41) is 0. The number of rotatable bonds is 1. The number of hydrogen-bond acceptors (Lipinski definition) is 3. The molecule has 1 saturated carbocycles. The Morgan fingerprint density at radius 1 is 1.47 bits per heavy atom. The highest BCUT2D eigenvalue weighted by Gasteiger charge is 2.37. The second-order valence-electron chi connectivity index (χ2n) is 4.58. The molecule has 1 saturated heterocycles. The van der Waals surface area contributed by atoms with E-state index in [1.165, 1.54) is 12.8 Å². The van der Waals surface area contributed by atoms with Gasteiger partial charge in [-0.15, -0.1) is 0 Å². The molecular formula is C11H20N2O2. The zero-order valence-electron chi connectivity index (χ0n) is 9.32. The summed E-state index contributed by atoms with van der Waals surface area (Å²) in [6.45, 7) is 3.14. The van der Waals surface area contributed by atoms with Crippen LogP contribution < -0.4 is 5.73 Å². The molecule has 15 heavy (non-hydrogen) atoms. The summed E-state index contributed by atoms with van der Waals surface area (Å²) in [6, 6.07) is -0.100. The third kappa shape index (κ3) is 2.16. The predicted octanol–water partition coefficient (Wildman–Crippen LogP) is 0.504. The quantitative estimate of drug-likeness (QED) is 0.688. The van der Waals surface area contributed by atoms with Crippen molar-refractivity contribution in [2.45, 2.75) is 50.8 Å². The molecule has 0 spiro atoms. The van der Waals surface area contributed by atoms with Crippen molar-refractivity contribution < 1.29 is 9.53 Å². The Morgan fingerprint density at radius 2 is 2.20 bits per heavy atom. The maximum atomic E-state index is 11.9. The molecule has 2 fully saturated rings. The maximum absolute atomic E-state index is 11.9. The van der Waals surface area contributed by atoms with Crippen LogP contribution in [0.3, 0.4) is 0 Å². The summed E-state index contributed by atoms with van der Waals surface area (Å²) in [4.78, 5) is 13.8. The number of carbonyl (C=O) groups excluding carboxylic acids is 1. The van der Waals surface area contributed by atoms with Gasteiger partial charge in [-0.05, 0) is 19.8 Å². The Bertz CT molecular complexity index is 241. The summed E-state index contributed by atoms with van der Waals surface area (Å²) in [7, 11) is 0. The van der Waals surface area contributed by atoms with Gasteiger partial charge in [0.25, 0.3) is 0 Å². The first-order valence-electron chi connectivity index (χ1n) is 5.88. The van der Waals surface area contributed by atoms with Crippen molar-refractivity contribution in [1.29, 1.82) is 0 Å². The lowest BCUT2D eigenvalue weighted by Gasteiger charge is -2.44. The van der Waals surface area contributed by atoms with Gasteiger partial charge < -0.3 is 15.4 Å². The van der Waals surface area contributed by atoms with Crippen LogP contribution >= 0.6 is 0 Å². The van der Waals surface area contributed by atoms with E-state index in [9.17, 15) is 4.79 Å². The number of amides is 1. The Labute approximate surface area is 90.8 Å². The predicted molar refractivity (Wildman–Crippen MR) is 57.4 cm³/mol. The van der Waals surface area contributed by atoms with Crippen LogP contribution in [-0.2, 0) is 9.53 Å². The lowest BCUT2D eigenvalue weighted by Crippen LogP contribution is -2.57. The highest BCUT2D eigenvalue weighted by molar-refractivity contribution is 5.81. The molecule has 86 valence electrons. The van der Waals surface area contributed by atoms with Gasteiger partial charge in [0.1, 0.15) is 0 Å². The summed E-state index contributed by atoms with van der Waals surface area (Å²) in [5.41, 5.74) is 5.66. The topological polar surface area (TPSA) is 55.6 Å². The Balaban J connectivity index is 2.06. The van der Waals surface area contributed by atoms with E-state index in [-0.39, 0.29) is 24.1 Å². The lowest BCUT2D eigenvalue weighted by atomic mass is 9.90. The van der Waals surface area contributed by atoms with Gasteiger partial charge in [-0.25, -0.2) is 0 Å². The number of ether oxygens (including phenoxy) is 1. The van der Waals surface area contributed by atoms with Crippen LogP contribution in [0.4, 0.5) is 0 Å². The SMILES string of the molecule is C[C@H](N)C(=O)N1CCOC2CCCCC21. The second-order valence-corrected chi connectivity index (χ2v) is 4.58. The molecule has 1 aliphatic carbocycles. The van der Waals surface area contributed by atoms with Crippen molar-refractivity contribution >= 4 is 5.91 Å². The van der Waals surface area contributed by atoms with Crippen LogP contribution in [0, 0.1) is 0 Å². The largest absolute Gasteiger partial charge is 0.374 e. The summed E-state index contributed by atoms with van der Waals surface area (Å²) >= 11 is 0. The summed E-state index contributed by atoms with van der Waals surface area (Å²) < 4.78 is 5.71. The van der Waals surface area contributed by atoms with Crippen molar-refractivity contribution in [2.75, 3.05) is 13.2 Å². The lowest BCUT2D eigenvalue weighted by molar-refractivity contribution is -0.150. The minimum atomic E-state index is -0.384. The van der Waals surface area contributed by atoms with Crippen molar-refractivity contribution in [3.8, 4) is 0 Å².